The highest BCUT2D eigenvalue weighted by Gasteiger charge is 2.37. The Hall–Kier alpha value is -3.12. The third kappa shape index (κ3) is 9.24. The Morgan fingerprint density at radius 3 is 2.38 bits per heavy atom. The van der Waals surface area contributed by atoms with E-state index in [1.54, 1.807) is 30.3 Å². The Labute approximate surface area is 226 Å². The van der Waals surface area contributed by atoms with E-state index in [-0.39, 0.29) is 34.3 Å². The minimum absolute atomic E-state index is 0.0404. The maximum Gasteiger partial charge on any atom is 0.573 e. The third-order valence-electron chi connectivity index (χ3n) is 6.90. The molecule has 0 heterocycles. The van der Waals surface area contributed by atoms with E-state index >= 15 is 0 Å². The second-order valence-corrected chi connectivity index (χ2v) is 12.1. The summed E-state index contributed by atoms with van der Waals surface area (Å²) in [4.78, 5) is 27.6. The summed E-state index contributed by atoms with van der Waals surface area (Å²) in [5.41, 5.74) is 0.0404. The van der Waals surface area contributed by atoms with E-state index in [1.807, 2.05) is 7.05 Å². The standard InChI is InChI=1S/C27H34F3N3O5S/c1-18(2)33(3)21-12-13-24(19(14-21)17-39(36,37)23-10-5-4-6-11-23)32-26(35)16-25(34)31-20-8-7-9-22(15-20)38-27(28,29)30/h4-11,15,18-19,21,24H,12-14,16-17H2,1-3H3,(H,31,34)(H,32,35). The molecule has 8 nitrogen and oxygen atoms in total. The van der Waals surface area contributed by atoms with Crippen LogP contribution in [0.4, 0.5) is 18.9 Å². The zero-order chi connectivity index (χ0) is 28.8. The van der Waals surface area contributed by atoms with E-state index in [9.17, 15) is 31.2 Å². The molecule has 0 spiro atoms. The van der Waals surface area contributed by atoms with Crippen molar-refractivity contribution < 1.29 is 35.9 Å². The lowest BCUT2D eigenvalue weighted by Crippen LogP contribution is -2.51. The predicted octanol–water partition coefficient (Wildman–Crippen LogP) is 4.38. The van der Waals surface area contributed by atoms with Gasteiger partial charge < -0.3 is 20.3 Å². The first-order valence-electron chi connectivity index (χ1n) is 12.7. The lowest BCUT2D eigenvalue weighted by Gasteiger charge is -2.41. The first kappa shape index (κ1) is 30.4. The summed E-state index contributed by atoms with van der Waals surface area (Å²) in [6.45, 7) is 4.13. The van der Waals surface area contributed by atoms with Crippen LogP contribution in [0.2, 0.25) is 0 Å². The minimum Gasteiger partial charge on any atom is -0.406 e. The van der Waals surface area contributed by atoms with Gasteiger partial charge in [0.1, 0.15) is 12.2 Å². The van der Waals surface area contributed by atoms with Gasteiger partial charge in [0.15, 0.2) is 9.84 Å². The molecule has 0 aromatic heterocycles. The van der Waals surface area contributed by atoms with E-state index in [4.69, 9.17) is 0 Å². The number of alkyl halides is 3. The quantitative estimate of drug-likeness (QED) is 0.412. The molecule has 3 atom stereocenters. The number of halogens is 3. The molecular weight excluding hydrogens is 535 g/mol. The molecule has 2 aromatic carbocycles. The zero-order valence-corrected chi connectivity index (χ0v) is 22.9. The molecule has 1 fully saturated rings. The molecule has 2 N–H and O–H groups in total. The van der Waals surface area contributed by atoms with Crippen molar-refractivity contribution in [3.05, 3.63) is 54.6 Å². The molecule has 0 bridgehead atoms. The molecule has 3 rings (SSSR count). The number of carbonyl (C=O) groups is 2. The Morgan fingerprint density at radius 1 is 1.05 bits per heavy atom. The van der Waals surface area contributed by atoms with Crippen molar-refractivity contribution in [2.45, 2.75) is 68.9 Å². The van der Waals surface area contributed by atoms with E-state index in [1.165, 1.54) is 12.1 Å². The zero-order valence-electron chi connectivity index (χ0n) is 22.1. The summed E-state index contributed by atoms with van der Waals surface area (Å²) in [7, 11) is -1.62. The van der Waals surface area contributed by atoms with Crippen LogP contribution in [0.25, 0.3) is 0 Å². The van der Waals surface area contributed by atoms with Gasteiger partial charge in [-0.05, 0) is 70.3 Å². The number of anilines is 1. The Morgan fingerprint density at radius 2 is 1.74 bits per heavy atom. The summed E-state index contributed by atoms with van der Waals surface area (Å²) in [5.74, 6) is -2.35. The number of nitrogens with zero attached hydrogens (tertiary/aromatic N) is 1. The number of rotatable bonds is 10. The van der Waals surface area contributed by atoms with Crippen molar-refractivity contribution in [3.63, 3.8) is 0 Å². The van der Waals surface area contributed by atoms with Crippen LogP contribution in [0.3, 0.4) is 0 Å². The van der Waals surface area contributed by atoms with Gasteiger partial charge in [0.25, 0.3) is 0 Å². The van der Waals surface area contributed by atoms with Gasteiger partial charge in [-0.15, -0.1) is 13.2 Å². The number of hydrogen-bond acceptors (Lipinski definition) is 6. The van der Waals surface area contributed by atoms with Crippen LogP contribution in [-0.4, -0.2) is 62.4 Å². The lowest BCUT2D eigenvalue weighted by atomic mass is 9.81. The van der Waals surface area contributed by atoms with Crippen molar-refractivity contribution in [2.75, 3.05) is 18.1 Å². The largest absolute Gasteiger partial charge is 0.573 e. The molecule has 0 saturated heterocycles. The number of sulfone groups is 1. The molecule has 1 aliphatic carbocycles. The molecule has 2 amide bonds. The van der Waals surface area contributed by atoms with Crippen LogP contribution in [-0.2, 0) is 19.4 Å². The summed E-state index contributed by atoms with van der Waals surface area (Å²) < 4.78 is 67.6. The molecule has 0 radical (unpaired) electrons. The number of benzene rings is 2. The Kier molecular flexibility index (Phi) is 10.0. The Balaban J connectivity index is 1.66. The van der Waals surface area contributed by atoms with E-state index in [2.05, 4.69) is 34.1 Å². The predicted molar refractivity (Wildman–Crippen MR) is 141 cm³/mol. The first-order chi connectivity index (χ1) is 18.2. The van der Waals surface area contributed by atoms with Gasteiger partial charge in [0.2, 0.25) is 11.8 Å². The molecule has 3 unspecified atom stereocenters. The summed E-state index contributed by atoms with van der Waals surface area (Å²) >= 11 is 0. The SMILES string of the molecule is CC(C)N(C)C1CCC(NC(=O)CC(=O)Nc2cccc(OC(F)(F)F)c2)C(CS(=O)(=O)c2ccccc2)C1. The van der Waals surface area contributed by atoms with Gasteiger partial charge in [-0.2, -0.15) is 0 Å². The van der Waals surface area contributed by atoms with E-state index in [0.717, 1.165) is 18.6 Å². The maximum atomic E-state index is 13.2. The van der Waals surface area contributed by atoms with Crippen molar-refractivity contribution in [3.8, 4) is 5.75 Å². The highest BCUT2D eigenvalue weighted by Crippen LogP contribution is 2.31. The normalized spacial score (nSPS) is 20.1. The molecule has 39 heavy (non-hydrogen) atoms. The number of nitrogens with one attached hydrogen (secondary N) is 2. The maximum absolute atomic E-state index is 13.2. The molecule has 1 aliphatic rings. The van der Waals surface area contributed by atoms with Crippen molar-refractivity contribution >= 4 is 27.3 Å². The van der Waals surface area contributed by atoms with Gasteiger partial charge >= 0.3 is 6.36 Å². The molecule has 1 saturated carbocycles. The number of carbonyl (C=O) groups excluding carboxylic acids is 2. The number of ether oxygens (including phenoxy) is 1. The van der Waals surface area contributed by atoms with E-state index in [0.29, 0.717) is 12.8 Å². The van der Waals surface area contributed by atoms with Gasteiger partial charge in [0.05, 0.1) is 10.6 Å². The fourth-order valence-corrected chi connectivity index (χ4v) is 6.49. The van der Waals surface area contributed by atoms with Crippen LogP contribution >= 0.6 is 0 Å². The van der Waals surface area contributed by atoms with Crippen LogP contribution in [0.5, 0.6) is 5.75 Å². The first-order valence-corrected chi connectivity index (χ1v) is 14.3. The molecule has 12 heteroatoms. The topological polar surface area (TPSA) is 105 Å². The van der Waals surface area contributed by atoms with Crippen LogP contribution in [0.15, 0.2) is 59.5 Å². The van der Waals surface area contributed by atoms with Gasteiger partial charge in [-0.1, -0.05) is 24.3 Å². The second-order valence-electron chi connectivity index (χ2n) is 10.1. The van der Waals surface area contributed by atoms with Gasteiger partial charge in [0, 0.05) is 29.9 Å². The van der Waals surface area contributed by atoms with Crippen LogP contribution in [0.1, 0.15) is 39.5 Å². The second kappa shape index (κ2) is 12.8. The molecular formula is C27H34F3N3O5S. The highest BCUT2D eigenvalue weighted by atomic mass is 32.2. The van der Waals surface area contributed by atoms with Crippen LogP contribution in [0, 0.1) is 5.92 Å². The van der Waals surface area contributed by atoms with Crippen molar-refractivity contribution in [1.82, 2.24) is 10.2 Å². The average Bonchev–Trinajstić information content (AvgIpc) is 2.84. The monoisotopic (exact) mass is 569 g/mol. The lowest BCUT2D eigenvalue weighted by molar-refractivity contribution is -0.274. The molecule has 2 aromatic rings. The third-order valence-corrected chi connectivity index (χ3v) is 8.76. The van der Waals surface area contributed by atoms with E-state index < -0.39 is 46.2 Å². The highest BCUT2D eigenvalue weighted by molar-refractivity contribution is 7.91. The van der Waals surface area contributed by atoms with Crippen molar-refractivity contribution in [2.24, 2.45) is 5.92 Å². The summed E-state index contributed by atoms with van der Waals surface area (Å²) in [5, 5.41) is 5.23. The Bertz CT molecular complexity index is 1240. The fourth-order valence-electron chi connectivity index (χ4n) is 4.79. The fraction of sp³-hybridized carbons (Fsp3) is 0.481. The molecule has 0 aliphatic heterocycles. The molecule has 214 valence electrons. The van der Waals surface area contributed by atoms with Crippen LogP contribution < -0.4 is 15.4 Å². The average molecular weight is 570 g/mol. The van der Waals surface area contributed by atoms with Crippen molar-refractivity contribution in [1.29, 1.82) is 0 Å². The minimum atomic E-state index is -4.88. The van der Waals surface area contributed by atoms with Gasteiger partial charge in [-0.3, -0.25) is 9.59 Å². The smallest absolute Gasteiger partial charge is 0.406 e. The number of hydrogen-bond donors (Lipinski definition) is 2. The number of amides is 2. The van der Waals surface area contributed by atoms with Gasteiger partial charge in [-0.25, -0.2) is 8.42 Å². The summed E-state index contributed by atoms with van der Waals surface area (Å²) in [6.07, 6.45) is -3.60. The summed E-state index contributed by atoms with van der Waals surface area (Å²) in [6, 6.07) is 12.8.